The molecule has 1 saturated carbocycles. The molecule has 0 aromatic rings. The van der Waals surface area contributed by atoms with Gasteiger partial charge in [0.15, 0.2) is 0 Å². The van der Waals surface area contributed by atoms with Gasteiger partial charge in [0.1, 0.15) is 0 Å². The molecule has 1 aliphatic heterocycles. The molecule has 0 aromatic carbocycles. The molecule has 1 unspecified atom stereocenters. The van der Waals surface area contributed by atoms with Crippen molar-refractivity contribution in [2.75, 3.05) is 0 Å². The number of amides is 2. The van der Waals surface area contributed by atoms with Crippen LogP contribution in [-0.2, 0) is 9.59 Å². The van der Waals surface area contributed by atoms with Crippen molar-refractivity contribution in [3.8, 4) is 0 Å². The van der Waals surface area contributed by atoms with Crippen LogP contribution in [0.3, 0.4) is 0 Å². The Morgan fingerprint density at radius 2 is 1.89 bits per heavy atom. The molecule has 2 aliphatic rings. The van der Waals surface area contributed by atoms with Crippen molar-refractivity contribution in [2.24, 2.45) is 23.2 Å². The minimum Gasteiger partial charge on any atom is -0.296 e. The molecular weight excluding hydrogens is 238 g/mol. The Bertz CT molecular complexity index is 354. The third-order valence-electron chi connectivity index (χ3n) is 5.22. The first kappa shape index (κ1) is 14.5. The molecule has 1 saturated heterocycles. The Morgan fingerprint density at radius 3 is 2.42 bits per heavy atom. The summed E-state index contributed by atoms with van der Waals surface area (Å²) in [5.41, 5.74) is -0.0324. The molecule has 0 bridgehead atoms. The zero-order chi connectivity index (χ0) is 14.0. The van der Waals surface area contributed by atoms with Crippen LogP contribution in [0.5, 0.6) is 0 Å². The third-order valence-corrected chi connectivity index (χ3v) is 5.22. The summed E-state index contributed by atoms with van der Waals surface area (Å²) in [6, 6.07) is 0. The van der Waals surface area contributed by atoms with E-state index in [9.17, 15) is 9.59 Å². The molecule has 0 aromatic heterocycles. The van der Waals surface area contributed by atoms with Gasteiger partial charge in [-0.1, -0.05) is 27.2 Å². The van der Waals surface area contributed by atoms with Crippen LogP contribution in [0.15, 0.2) is 0 Å². The van der Waals surface area contributed by atoms with E-state index >= 15 is 0 Å². The highest BCUT2D eigenvalue weighted by Crippen LogP contribution is 2.51. The number of rotatable bonds is 3. The summed E-state index contributed by atoms with van der Waals surface area (Å²) in [6.07, 6.45) is 7.19. The molecule has 1 atom stereocenters. The van der Waals surface area contributed by atoms with Crippen LogP contribution in [0.1, 0.15) is 65.7 Å². The summed E-state index contributed by atoms with van der Waals surface area (Å²) in [7, 11) is 0. The highest BCUT2D eigenvalue weighted by atomic mass is 16.2. The number of carbonyl (C=O) groups is 2. The van der Waals surface area contributed by atoms with Crippen molar-refractivity contribution in [3.63, 3.8) is 0 Å². The van der Waals surface area contributed by atoms with Crippen molar-refractivity contribution in [3.05, 3.63) is 0 Å². The predicted molar refractivity (Wildman–Crippen MR) is 75.4 cm³/mol. The van der Waals surface area contributed by atoms with Crippen LogP contribution >= 0.6 is 0 Å². The van der Waals surface area contributed by atoms with Gasteiger partial charge in [0, 0.05) is 12.3 Å². The topological polar surface area (TPSA) is 46.2 Å². The highest BCUT2D eigenvalue weighted by molar-refractivity contribution is 5.99. The Morgan fingerprint density at radius 1 is 1.26 bits per heavy atom. The van der Waals surface area contributed by atoms with Gasteiger partial charge in [-0.3, -0.25) is 14.9 Å². The second kappa shape index (κ2) is 5.64. The SMILES string of the molecule is CCC1CCC2(CC1)CC(=O)NC(=O)C2CC(C)C. The lowest BCUT2D eigenvalue weighted by Crippen LogP contribution is -2.53. The van der Waals surface area contributed by atoms with Gasteiger partial charge in [-0.05, 0) is 49.4 Å². The Kier molecular flexibility index (Phi) is 4.32. The quantitative estimate of drug-likeness (QED) is 0.796. The molecule has 3 nitrogen and oxygen atoms in total. The molecule has 0 radical (unpaired) electrons. The Labute approximate surface area is 116 Å². The van der Waals surface area contributed by atoms with Crippen LogP contribution < -0.4 is 5.32 Å². The van der Waals surface area contributed by atoms with Crippen LogP contribution in [0.25, 0.3) is 0 Å². The van der Waals surface area contributed by atoms with E-state index in [2.05, 4.69) is 26.1 Å². The Balaban J connectivity index is 2.17. The standard InChI is InChI=1S/C16H27NO2/c1-4-12-5-7-16(8-6-12)10-14(18)17-15(19)13(16)9-11(2)3/h11-13H,4-10H2,1-3H3,(H,17,18,19). The first-order chi connectivity index (χ1) is 8.97. The molecular formula is C16H27NO2. The number of hydrogen-bond acceptors (Lipinski definition) is 2. The summed E-state index contributed by atoms with van der Waals surface area (Å²) in [5, 5.41) is 2.55. The van der Waals surface area contributed by atoms with Crippen LogP contribution in [-0.4, -0.2) is 11.8 Å². The molecule has 19 heavy (non-hydrogen) atoms. The first-order valence-corrected chi connectivity index (χ1v) is 7.80. The van der Waals surface area contributed by atoms with Gasteiger partial charge in [-0.25, -0.2) is 0 Å². The van der Waals surface area contributed by atoms with Crippen molar-refractivity contribution < 1.29 is 9.59 Å². The molecule has 108 valence electrons. The molecule has 2 fully saturated rings. The zero-order valence-corrected chi connectivity index (χ0v) is 12.5. The number of carbonyl (C=O) groups excluding carboxylic acids is 2. The van der Waals surface area contributed by atoms with Gasteiger partial charge < -0.3 is 0 Å². The zero-order valence-electron chi connectivity index (χ0n) is 12.5. The molecule has 3 heteroatoms. The molecule has 1 heterocycles. The van der Waals surface area contributed by atoms with Crippen molar-refractivity contribution in [1.82, 2.24) is 5.32 Å². The fraction of sp³-hybridized carbons (Fsp3) is 0.875. The number of piperidine rings is 1. The van der Waals surface area contributed by atoms with Gasteiger partial charge in [0.2, 0.25) is 11.8 Å². The highest BCUT2D eigenvalue weighted by Gasteiger charge is 2.49. The molecule has 2 amide bonds. The fourth-order valence-electron chi connectivity index (χ4n) is 4.00. The number of hydrogen-bond donors (Lipinski definition) is 1. The summed E-state index contributed by atoms with van der Waals surface area (Å²) < 4.78 is 0. The van der Waals surface area contributed by atoms with Crippen LogP contribution in [0, 0.1) is 23.2 Å². The fourth-order valence-corrected chi connectivity index (χ4v) is 4.00. The van der Waals surface area contributed by atoms with Crippen molar-refractivity contribution in [2.45, 2.75) is 65.7 Å². The van der Waals surface area contributed by atoms with E-state index in [1.807, 2.05) is 0 Å². The second-order valence-corrected chi connectivity index (χ2v) is 6.99. The smallest absolute Gasteiger partial charge is 0.230 e. The van der Waals surface area contributed by atoms with E-state index in [0.29, 0.717) is 12.3 Å². The Hall–Kier alpha value is -0.860. The van der Waals surface area contributed by atoms with Crippen molar-refractivity contribution in [1.29, 1.82) is 0 Å². The third kappa shape index (κ3) is 3.01. The lowest BCUT2D eigenvalue weighted by Gasteiger charge is -2.47. The first-order valence-electron chi connectivity index (χ1n) is 7.80. The average molecular weight is 265 g/mol. The van der Waals surface area contributed by atoms with E-state index < -0.39 is 0 Å². The molecule has 1 spiro atoms. The predicted octanol–water partition coefficient (Wildman–Crippen LogP) is 3.28. The van der Waals surface area contributed by atoms with Gasteiger partial charge in [0.25, 0.3) is 0 Å². The monoisotopic (exact) mass is 265 g/mol. The van der Waals surface area contributed by atoms with Gasteiger partial charge in [0.05, 0.1) is 0 Å². The van der Waals surface area contributed by atoms with Crippen LogP contribution in [0.2, 0.25) is 0 Å². The maximum atomic E-state index is 12.2. The van der Waals surface area contributed by atoms with E-state index in [0.717, 1.165) is 25.2 Å². The van der Waals surface area contributed by atoms with E-state index in [4.69, 9.17) is 0 Å². The number of nitrogens with one attached hydrogen (secondary N) is 1. The molecule has 1 N–H and O–H groups in total. The van der Waals surface area contributed by atoms with Crippen LogP contribution in [0.4, 0.5) is 0 Å². The summed E-state index contributed by atoms with van der Waals surface area (Å²) in [5.74, 6) is 1.28. The normalized spacial score (nSPS) is 35.8. The summed E-state index contributed by atoms with van der Waals surface area (Å²) in [4.78, 5) is 24.0. The van der Waals surface area contributed by atoms with Gasteiger partial charge in [-0.15, -0.1) is 0 Å². The number of imide groups is 1. The largest absolute Gasteiger partial charge is 0.296 e. The van der Waals surface area contributed by atoms with Gasteiger partial charge >= 0.3 is 0 Å². The van der Waals surface area contributed by atoms with E-state index in [1.165, 1.54) is 19.3 Å². The second-order valence-electron chi connectivity index (χ2n) is 6.99. The molecule has 1 aliphatic carbocycles. The maximum Gasteiger partial charge on any atom is 0.230 e. The van der Waals surface area contributed by atoms with Gasteiger partial charge in [-0.2, -0.15) is 0 Å². The van der Waals surface area contributed by atoms with E-state index in [-0.39, 0.29) is 23.1 Å². The summed E-state index contributed by atoms with van der Waals surface area (Å²) in [6.45, 7) is 6.57. The minimum atomic E-state index is -0.0556. The summed E-state index contributed by atoms with van der Waals surface area (Å²) >= 11 is 0. The average Bonchev–Trinajstić information content (AvgIpc) is 2.35. The lowest BCUT2D eigenvalue weighted by molar-refractivity contribution is -0.147. The molecule has 2 rings (SSSR count). The van der Waals surface area contributed by atoms with Crippen molar-refractivity contribution >= 4 is 11.8 Å². The van der Waals surface area contributed by atoms with E-state index in [1.54, 1.807) is 0 Å². The lowest BCUT2D eigenvalue weighted by atomic mass is 9.58. The maximum absolute atomic E-state index is 12.2. The minimum absolute atomic E-state index is 0.0140.